The van der Waals surface area contributed by atoms with Crippen LogP contribution in [0.2, 0.25) is 0 Å². The van der Waals surface area contributed by atoms with Crippen LogP contribution >= 0.6 is 0 Å². The number of fused-ring (bicyclic) bond motifs is 4. The lowest BCUT2D eigenvalue weighted by molar-refractivity contribution is -0.120. The molecule has 17 heteroatoms. The average Bonchev–Trinajstić information content (AvgIpc) is 4.09. The van der Waals surface area contributed by atoms with Crippen molar-refractivity contribution in [2.24, 2.45) is 16.7 Å². The Bertz CT molecular complexity index is 3000. The van der Waals surface area contributed by atoms with Crippen LogP contribution in [0.25, 0.3) is 32.9 Å². The number of rotatable bonds is 12. The number of carbonyl (C=O) groups excluding carboxylic acids is 3. The van der Waals surface area contributed by atoms with E-state index in [9.17, 15) is 19.5 Å². The van der Waals surface area contributed by atoms with Crippen molar-refractivity contribution in [2.75, 3.05) is 88.4 Å². The third-order valence-electron chi connectivity index (χ3n) is 18.0. The maximum atomic E-state index is 17.2. The minimum absolute atomic E-state index is 0.00409. The van der Waals surface area contributed by atoms with Crippen LogP contribution in [0.4, 0.5) is 25.1 Å². The monoisotopic (exact) mass is 1010 g/mol. The number of phenolic OH excluding ortho intramolecular Hbond substituents is 1. The Balaban J connectivity index is 0.657. The number of ether oxygens (including phenoxy) is 1. The van der Waals surface area contributed by atoms with E-state index >= 15 is 8.78 Å². The second-order valence-electron chi connectivity index (χ2n) is 22.9. The first-order chi connectivity index (χ1) is 35.8. The molecule has 7 heterocycles. The molecule has 4 amide bonds. The molecule has 2 aliphatic carbocycles. The van der Waals surface area contributed by atoms with Gasteiger partial charge in [0, 0.05) is 119 Å². The number of piperidine rings is 1. The minimum atomic E-state index is -0.656. The van der Waals surface area contributed by atoms with Crippen LogP contribution < -0.4 is 25.2 Å². The lowest BCUT2D eigenvalue weighted by Gasteiger charge is -2.47. The molecule has 12 rings (SSSR count). The van der Waals surface area contributed by atoms with Gasteiger partial charge in [-0.05, 0) is 141 Å². The summed E-state index contributed by atoms with van der Waals surface area (Å²) in [7, 11) is 0. The Labute approximate surface area is 431 Å². The zero-order chi connectivity index (χ0) is 50.9. The van der Waals surface area contributed by atoms with E-state index in [1.165, 1.54) is 37.8 Å². The summed E-state index contributed by atoms with van der Waals surface area (Å²) < 4.78 is 39.0. The van der Waals surface area contributed by atoms with Gasteiger partial charge in [-0.25, -0.2) is 13.6 Å². The number of pyridine rings is 1. The van der Waals surface area contributed by atoms with E-state index in [1.807, 2.05) is 36.9 Å². The van der Waals surface area contributed by atoms with E-state index in [-0.39, 0.29) is 52.4 Å². The molecule has 2 unspecified atom stereocenters. The normalized spacial score (nSPS) is 23.3. The van der Waals surface area contributed by atoms with Crippen LogP contribution in [-0.4, -0.2) is 143 Å². The fraction of sp³-hybridized carbons (Fsp3) is 0.544. The number of nitrogens with one attached hydrogen (secondary N) is 2. The number of carbonyl (C=O) groups is 3. The molecular weight excluding hydrogens is 943 g/mol. The van der Waals surface area contributed by atoms with Gasteiger partial charge in [0.15, 0.2) is 5.82 Å². The summed E-state index contributed by atoms with van der Waals surface area (Å²) in [5, 5.41) is 18.5. The van der Waals surface area contributed by atoms with Crippen molar-refractivity contribution in [1.82, 2.24) is 40.3 Å². The first-order valence-electron chi connectivity index (χ1n) is 27.2. The Morgan fingerprint density at radius 1 is 0.865 bits per heavy atom. The van der Waals surface area contributed by atoms with E-state index < -0.39 is 11.8 Å². The van der Waals surface area contributed by atoms with Gasteiger partial charge in [-0.3, -0.25) is 24.8 Å². The van der Waals surface area contributed by atoms with Gasteiger partial charge in [0.05, 0.1) is 12.0 Å². The van der Waals surface area contributed by atoms with Gasteiger partial charge in [-0.15, -0.1) is 0 Å². The van der Waals surface area contributed by atoms with Gasteiger partial charge >= 0.3 is 12.0 Å². The molecule has 2 aromatic heterocycles. The van der Waals surface area contributed by atoms with Crippen molar-refractivity contribution < 1.29 is 33.0 Å². The molecule has 3 N–H and O–H groups in total. The Morgan fingerprint density at radius 3 is 2.32 bits per heavy atom. The van der Waals surface area contributed by atoms with Crippen molar-refractivity contribution in [2.45, 2.75) is 103 Å². The van der Waals surface area contributed by atoms with Crippen molar-refractivity contribution in [3.8, 4) is 23.0 Å². The third-order valence-corrected chi connectivity index (χ3v) is 18.0. The SMILES string of the molecule is CCc1c(F)ccc2cc(O)cc(-c3ncc4c(N5CC6CCC(C5)N6)nc(OCC5(CN6CCN(CC7CCC8(CC7)CCN(C(=O)c7ccc(C)c(N9CCC(=O)NC9=O)c7)CC8)CC6)CC5)nc4c3F)c12. The number of amides is 4. The van der Waals surface area contributed by atoms with Gasteiger partial charge < -0.3 is 34.8 Å². The average molecular weight is 1010 g/mol. The van der Waals surface area contributed by atoms with Crippen LogP contribution in [0.5, 0.6) is 11.8 Å². The summed E-state index contributed by atoms with van der Waals surface area (Å²) in [6, 6.07) is 11.9. The summed E-state index contributed by atoms with van der Waals surface area (Å²) >= 11 is 0. The standard InChI is InChI=1S/C57H68F2N10O5/c1-3-42-45(58)9-6-37-26-41(70)28-43(48(37)42)50-49(59)51-44(29-60-50)52(68-31-39-7-8-40(32-68)61-39)64-54(63-51)74-34-57(15-16-57)33-66-24-22-65(23-25-66)30-36-10-13-56(14-11-36)17-20-67(21-18-56)53(72)38-5-4-35(2)46(27-38)69-19-12-47(71)62-55(69)73/h4-6,9,26-29,36,39-40,61,70H,3,7-8,10-25,30-34H2,1-2H3,(H,62,71,73). The van der Waals surface area contributed by atoms with Crippen molar-refractivity contribution in [3.05, 3.63) is 77.0 Å². The topological polar surface area (TPSA) is 160 Å². The van der Waals surface area contributed by atoms with Gasteiger partial charge in [0.2, 0.25) is 5.91 Å². The number of nitrogens with zero attached hydrogens (tertiary/aromatic N) is 8. The fourth-order valence-corrected chi connectivity index (χ4v) is 13.4. The highest BCUT2D eigenvalue weighted by Crippen LogP contribution is 2.49. The first-order valence-corrected chi connectivity index (χ1v) is 27.2. The lowest BCUT2D eigenvalue weighted by Crippen LogP contribution is -2.51. The number of imide groups is 1. The second kappa shape index (κ2) is 19.6. The molecule has 74 heavy (non-hydrogen) atoms. The second-order valence-corrected chi connectivity index (χ2v) is 22.9. The van der Waals surface area contributed by atoms with Crippen molar-refractivity contribution >= 4 is 51.0 Å². The number of piperazine rings is 2. The molecule has 1 spiro atoms. The summed E-state index contributed by atoms with van der Waals surface area (Å²) in [5.74, 6) is -0.0893. The minimum Gasteiger partial charge on any atom is -0.508 e. The molecule has 2 atom stereocenters. The van der Waals surface area contributed by atoms with Crippen LogP contribution in [0, 0.1) is 35.3 Å². The summed E-state index contributed by atoms with van der Waals surface area (Å²) in [6.45, 7) is 13.6. The van der Waals surface area contributed by atoms with E-state index in [2.05, 4.69) is 30.3 Å². The lowest BCUT2D eigenvalue weighted by atomic mass is 9.65. The van der Waals surface area contributed by atoms with Gasteiger partial charge in [0.25, 0.3) is 5.91 Å². The van der Waals surface area contributed by atoms with E-state index in [1.54, 1.807) is 23.2 Å². The fourth-order valence-electron chi connectivity index (χ4n) is 13.4. The molecule has 390 valence electrons. The molecule has 5 aliphatic heterocycles. The van der Waals surface area contributed by atoms with E-state index in [0.29, 0.717) is 87.3 Å². The Morgan fingerprint density at radius 2 is 1.61 bits per heavy atom. The zero-order valence-electron chi connectivity index (χ0n) is 42.7. The number of phenols is 1. The molecule has 2 bridgehead atoms. The summed E-state index contributed by atoms with van der Waals surface area (Å²) in [5.41, 5.74) is 3.26. The van der Waals surface area contributed by atoms with Crippen LogP contribution in [-0.2, 0) is 11.2 Å². The molecule has 2 saturated carbocycles. The van der Waals surface area contributed by atoms with Crippen LogP contribution in [0.3, 0.4) is 0 Å². The van der Waals surface area contributed by atoms with E-state index in [0.717, 1.165) is 110 Å². The van der Waals surface area contributed by atoms with Gasteiger partial charge in [0.1, 0.15) is 28.6 Å². The molecule has 5 saturated heterocycles. The van der Waals surface area contributed by atoms with E-state index in [4.69, 9.17) is 14.7 Å². The van der Waals surface area contributed by atoms with Crippen molar-refractivity contribution in [3.63, 3.8) is 0 Å². The summed E-state index contributed by atoms with van der Waals surface area (Å²) in [4.78, 5) is 63.5. The molecule has 7 fully saturated rings. The van der Waals surface area contributed by atoms with Crippen molar-refractivity contribution in [1.29, 1.82) is 0 Å². The van der Waals surface area contributed by atoms with Crippen LogP contribution in [0.15, 0.2) is 48.7 Å². The maximum absolute atomic E-state index is 17.2. The van der Waals surface area contributed by atoms with Gasteiger partial charge in [-0.1, -0.05) is 19.1 Å². The number of aromatic nitrogens is 3. The Kier molecular flexibility index (Phi) is 12.9. The zero-order valence-corrected chi connectivity index (χ0v) is 42.7. The molecule has 5 aromatic rings. The number of anilines is 2. The molecule has 0 radical (unpaired) electrons. The smallest absolute Gasteiger partial charge is 0.328 e. The first kappa shape index (κ1) is 48.9. The molecular formula is C57H68F2N10O5. The summed E-state index contributed by atoms with van der Waals surface area (Å²) in [6.07, 6.45) is 13.4. The molecule has 7 aliphatic rings. The number of aromatic hydroxyl groups is 1. The quantitative estimate of drug-likeness (QED) is 0.111. The largest absolute Gasteiger partial charge is 0.508 e. The maximum Gasteiger partial charge on any atom is 0.328 e. The third kappa shape index (κ3) is 9.52. The van der Waals surface area contributed by atoms with Gasteiger partial charge in [-0.2, -0.15) is 9.97 Å². The number of halogens is 2. The number of hydrogen-bond donors (Lipinski definition) is 3. The number of hydrogen-bond acceptors (Lipinski definition) is 12. The number of urea groups is 1. The predicted molar refractivity (Wildman–Crippen MR) is 280 cm³/mol. The molecule has 3 aromatic carbocycles. The number of aryl methyl sites for hydroxylation is 2. The predicted octanol–water partition coefficient (Wildman–Crippen LogP) is 7.98. The number of likely N-dealkylation sites (tertiary alicyclic amines) is 1. The highest BCUT2D eigenvalue weighted by molar-refractivity contribution is 6.07. The highest BCUT2D eigenvalue weighted by atomic mass is 19.1. The highest BCUT2D eigenvalue weighted by Gasteiger charge is 2.46. The number of benzene rings is 3. The molecule has 15 nitrogen and oxygen atoms in total. The Hall–Kier alpha value is -6.04. The van der Waals surface area contributed by atoms with Crippen LogP contribution in [0.1, 0.15) is 99.0 Å².